The molecule has 0 aliphatic heterocycles. The highest BCUT2D eigenvalue weighted by atomic mass is 16.6. The number of hydrogen-bond donors (Lipinski definition) is 1. The molecule has 0 aromatic rings. The van der Waals surface area contributed by atoms with Crippen LogP contribution in [0.4, 0.5) is 0 Å². The zero-order valence-corrected chi connectivity index (χ0v) is 6.41. The van der Waals surface area contributed by atoms with Gasteiger partial charge in [0.1, 0.15) is 7.11 Å². The molecule has 0 unspecified atom stereocenters. The summed E-state index contributed by atoms with van der Waals surface area (Å²) in [6.07, 6.45) is 1.99. The van der Waals surface area contributed by atoms with Gasteiger partial charge in [0, 0.05) is 6.42 Å². The van der Waals surface area contributed by atoms with Gasteiger partial charge in [-0.3, -0.25) is 4.79 Å². The molecule has 1 atom stereocenters. The van der Waals surface area contributed by atoms with E-state index in [1.165, 1.54) is 7.11 Å². The van der Waals surface area contributed by atoms with Crippen LogP contribution in [0.3, 0.4) is 0 Å². The minimum atomic E-state index is -0.730. The molecular weight excluding hydrogens is 146 g/mol. The molecule has 0 spiro atoms. The first-order chi connectivity index (χ1) is 5.24. The van der Waals surface area contributed by atoms with E-state index < -0.39 is 5.97 Å². The van der Waals surface area contributed by atoms with Crippen LogP contribution in [-0.4, -0.2) is 23.9 Å². The quantitative estimate of drug-likeness (QED) is 0.605. The molecule has 1 rings (SSSR count). The zero-order valence-electron chi connectivity index (χ0n) is 6.41. The Hall–Kier alpha value is -1.06. The minimum Gasteiger partial charge on any atom is -0.481 e. The van der Waals surface area contributed by atoms with Crippen LogP contribution in [0.2, 0.25) is 0 Å². The number of aliphatic carboxylic acids is 1. The van der Waals surface area contributed by atoms with Crippen molar-refractivity contribution in [2.45, 2.75) is 19.3 Å². The second kappa shape index (κ2) is 3.37. The molecular formula is C7H11NO3. The average molecular weight is 157 g/mol. The van der Waals surface area contributed by atoms with E-state index in [-0.39, 0.29) is 5.92 Å². The third-order valence-corrected chi connectivity index (χ3v) is 1.83. The van der Waals surface area contributed by atoms with Gasteiger partial charge < -0.3 is 9.94 Å². The predicted molar refractivity (Wildman–Crippen MR) is 39.4 cm³/mol. The summed E-state index contributed by atoms with van der Waals surface area (Å²) in [4.78, 5) is 15.0. The Kier molecular flexibility index (Phi) is 2.46. The topological polar surface area (TPSA) is 58.9 Å². The maximum Gasteiger partial charge on any atom is 0.306 e. The van der Waals surface area contributed by atoms with Crippen molar-refractivity contribution in [1.82, 2.24) is 0 Å². The normalized spacial score (nSPS) is 27.4. The molecule has 0 aromatic carbocycles. The highest BCUT2D eigenvalue weighted by Crippen LogP contribution is 2.22. The van der Waals surface area contributed by atoms with E-state index in [9.17, 15) is 4.79 Å². The van der Waals surface area contributed by atoms with Gasteiger partial charge in [-0.1, -0.05) is 5.16 Å². The minimum absolute atomic E-state index is 0.246. The summed E-state index contributed by atoms with van der Waals surface area (Å²) < 4.78 is 0. The van der Waals surface area contributed by atoms with Gasteiger partial charge in [-0.2, -0.15) is 0 Å². The molecule has 1 saturated carbocycles. The van der Waals surface area contributed by atoms with Gasteiger partial charge in [0.2, 0.25) is 0 Å². The predicted octanol–water partition coefficient (Wildman–Crippen LogP) is 0.874. The Balaban J connectivity index is 2.47. The lowest BCUT2D eigenvalue weighted by molar-refractivity contribution is -0.141. The Bertz CT molecular complexity index is 188. The van der Waals surface area contributed by atoms with Crippen LogP contribution < -0.4 is 0 Å². The molecule has 4 heteroatoms. The number of carboxylic acids is 1. The van der Waals surface area contributed by atoms with Crippen molar-refractivity contribution in [2.75, 3.05) is 7.11 Å². The van der Waals surface area contributed by atoms with Crippen LogP contribution in [0.1, 0.15) is 19.3 Å². The number of oxime groups is 1. The standard InChI is InChI=1S/C7H11NO3/c1-11-8-6-3-2-5(4-6)7(9)10/h5H,2-4H2,1H3,(H,9,10)/b8-6+/t5-/m1/s1. The fraction of sp³-hybridized carbons (Fsp3) is 0.714. The number of nitrogens with zero attached hydrogens (tertiary/aromatic N) is 1. The summed E-state index contributed by atoms with van der Waals surface area (Å²) in [5.74, 6) is -0.977. The molecule has 1 aliphatic rings. The van der Waals surface area contributed by atoms with Gasteiger partial charge in [-0.25, -0.2) is 0 Å². The summed E-state index contributed by atoms with van der Waals surface area (Å²) in [5.41, 5.74) is 0.861. The van der Waals surface area contributed by atoms with Crippen molar-refractivity contribution in [3.8, 4) is 0 Å². The van der Waals surface area contributed by atoms with E-state index in [1.54, 1.807) is 0 Å². The number of carboxylic acid groups (broad SMARTS) is 1. The fourth-order valence-corrected chi connectivity index (χ4v) is 1.25. The number of rotatable bonds is 2. The van der Waals surface area contributed by atoms with Crippen molar-refractivity contribution in [3.63, 3.8) is 0 Å². The summed E-state index contributed by atoms with van der Waals surface area (Å²) in [5, 5.41) is 12.3. The number of carbonyl (C=O) groups is 1. The Morgan fingerprint density at radius 2 is 2.55 bits per heavy atom. The Labute approximate surface area is 64.8 Å². The van der Waals surface area contributed by atoms with E-state index in [0.29, 0.717) is 12.8 Å². The van der Waals surface area contributed by atoms with E-state index in [0.717, 1.165) is 12.1 Å². The van der Waals surface area contributed by atoms with Crippen molar-refractivity contribution >= 4 is 11.7 Å². The van der Waals surface area contributed by atoms with Gasteiger partial charge in [-0.15, -0.1) is 0 Å². The third-order valence-electron chi connectivity index (χ3n) is 1.83. The highest BCUT2D eigenvalue weighted by molar-refractivity contribution is 5.90. The van der Waals surface area contributed by atoms with E-state index in [2.05, 4.69) is 9.99 Å². The summed E-state index contributed by atoms with van der Waals surface area (Å²) in [7, 11) is 1.47. The monoisotopic (exact) mass is 157 g/mol. The van der Waals surface area contributed by atoms with Crippen LogP contribution in [0.15, 0.2) is 5.16 Å². The van der Waals surface area contributed by atoms with E-state index in [1.807, 2.05) is 0 Å². The zero-order chi connectivity index (χ0) is 8.27. The second-order valence-electron chi connectivity index (χ2n) is 2.62. The van der Waals surface area contributed by atoms with Crippen LogP contribution in [0.5, 0.6) is 0 Å². The first-order valence-corrected chi connectivity index (χ1v) is 3.55. The molecule has 1 N–H and O–H groups in total. The lowest BCUT2D eigenvalue weighted by atomic mass is 10.1. The summed E-state index contributed by atoms with van der Waals surface area (Å²) >= 11 is 0. The van der Waals surface area contributed by atoms with Crippen molar-refractivity contribution < 1.29 is 14.7 Å². The highest BCUT2D eigenvalue weighted by Gasteiger charge is 2.26. The molecule has 0 saturated heterocycles. The average Bonchev–Trinajstić information content (AvgIpc) is 2.37. The van der Waals surface area contributed by atoms with E-state index in [4.69, 9.17) is 5.11 Å². The maximum atomic E-state index is 10.5. The number of hydrogen-bond acceptors (Lipinski definition) is 3. The lowest BCUT2D eigenvalue weighted by Gasteiger charge is -1.97. The Morgan fingerprint density at radius 1 is 1.82 bits per heavy atom. The molecule has 0 amide bonds. The second-order valence-corrected chi connectivity index (χ2v) is 2.62. The van der Waals surface area contributed by atoms with Gasteiger partial charge in [0.25, 0.3) is 0 Å². The molecule has 0 radical (unpaired) electrons. The maximum absolute atomic E-state index is 10.5. The van der Waals surface area contributed by atoms with Crippen LogP contribution >= 0.6 is 0 Å². The molecule has 1 aliphatic carbocycles. The first-order valence-electron chi connectivity index (χ1n) is 3.55. The van der Waals surface area contributed by atoms with Crippen molar-refractivity contribution in [3.05, 3.63) is 0 Å². The Morgan fingerprint density at radius 3 is 3.00 bits per heavy atom. The van der Waals surface area contributed by atoms with Crippen molar-refractivity contribution in [2.24, 2.45) is 11.1 Å². The van der Waals surface area contributed by atoms with Gasteiger partial charge in [0.05, 0.1) is 11.6 Å². The van der Waals surface area contributed by atoms with Gasteiger partial charge in [-0.05, 0) is 12.8 Å². The molecule has 0 aromatic heterocycles. The third kappa shape index (κ3) is 1.93. The van der Waals surface area contributed by atoms with Crippen molar-refractivity contribution in [1.29, 1.82) is 0 Å². The molecule has 11 heavy (non-hydrogen) atoms. The molecule has 0 bridgehead atoms. The van der Waals surface area contributed by atoms with Gasteiger partial charge >= 0.3 is 5.97 Å². The van der Waals surface area contributed by atoms with E-state index >= 15 is 0 Å². The lowest BCUT2D eigenvalue weighted by Crippen LogP contribution is -2.09. The molecule has 1 fully saturated rings. The van der Waals surface area contributed by atoms with Crippen LogP contribution in [0.25, 0.3) is 0 Å². The molecule has 0 heterocycles. The molecule has 4 nitrogen and oxygen atoms in total. The molecule has 62 valence electrons. The first kappa shape index (κ1) is 8.04. The largest absolute Gasteiger partial charge is 0.481 e. The van der Waals surface area contributed by atoms with Crippen LogP contribution in [0, 0.1) is 5.92 Å². The van der Waals surface area contributed by atoms with Crippen LogP contribution in [-0.2, 0) is 9.63 Å². The summed E-state index contributed by atoms with van der Waals surface area (Å²) in [6, 6.07) is 0. The van der Waals surface area contributed by atoms with Gasteiger partial charge in [0.15, 0.2) is 0 Å². The fourth-order valence-electron chi connectivity index (χ4n) is 1.25. The smallest absolute Gasteiger partial charge is 0.306 e. The SMILES string of the molecule is CO/N=C1\CC[C@@H](C(=O)O)C1. The summed E-state index contributed by atoms with van der Waals surface area (Å²) in [6.45, 7) is 0.